The van der Waals surface area contributed by atoms with Gasteiger partial charge in [-0.3, -0.25) is 0 Å². The number of carbonyl (C=O) groups excluding carboxylic acids is 1. The maximum atomic E-state index is 11.4. The van der Waals surface area contributed by atoms with Gasteiger partial charge in [-0.05, 0) is 29.8 Å². The van der Waals surface area contributed by atoms with E-state index in [4.69, 9.17) is 16.3 Å². The van der Waals surface area contributed by atoms with Crippen LogP contribution in [0.5, 0.6) is 5.75 Å². The minimum Gasteiger partial charge on any atom is -0.482 e. The molecule has 4 nitrogen and oxygen atoms in total. The topological polar surface area (TPSA) is 47.9 Å². The highest BCUT2D eigenvalue weighted by molar-refractivity contribution is 6.30. The first-order valence-electron chi connectivity index (χ1n) is 5.91. The van der Waals surface area contributed by atoms with Crippen molar-refractivity contribution in [3.63, 3.8) is 0 Å². The molecule has 5 heteroatoms. The molecule has 0 unspecified atom stereocenters. The average Bonchev–Trinajstić information content (AvgIpc) is 2.48. The molecule has 0 atom stereocenters. The molecule has 2 aromatic rings. The summed E-state index contributed by atoms with van der Waals surface area (Å²) in [5.74, 6) is -0.0366. The summed E-state index contributed by atoms with van der Waals surface area (Å²) < 4.78 is 5.22. The third kappa shape index (κ3) is 4.74. The number of oxime groups is 1. The highest BCUT2D eigenvalue weighted by atomic mass is 35.5. The van der Waals surface area contributed by atoms with Crippen LogP contribution in [0.2, 0.25) is 5.02 Å². The van der Waals surface area contributed by atoms with E-state index < -0.39 is 5.97 Å². The summed E-state index contributed by atoms with van der Waals surface area (Å²) in [6, 6.07) is 16.0. The molecular formula is C15H12ClNO3. The van der Waals surface area contributed by atoms with Crippen LogP contribution in [-0.4, -0.2) is 18.8 Å². The number of hydrogen-bond acceptors (Lipinski definition) is 4. The maximum Gasteiger partial charge on any atom is 0.372 e. The van der Waals surface area contributed by atoms with Crippen molar-refractivity contribution >= 4 is 23.8 Å². The molecule has 20 heavy (non-hydrogen) atoms. The van der Waals surface area contributed by atoms with E-state index in [1.54, 1.807) is 24.3 Å². The quantitative estimate of drug-likeness (QED) is 0.482. The number of benzene rings is 2. The zero-order chi connectivity index (χ0) is 14.2. The van der Waals surface area contributed by atoms with E-state index in [0.717, 1.165) is 5.56 Å². The summed E-state index contributed by atoms with van der Waals surface area (Å²) in [6.07, 6.45) is 1.46. The highest BCUT2D eigenvalue weighted by Crippen LogP contribution is 2.15. The molecule has 102 valence electrons. The van der Waals surface area contributed by atoms with Crippen molar-refractivity contribution in [1.29, 1.82) is 0 Å². The number of ether oxygens (including phenoxy) is 1. The molecule has 0 aromatic heterocycles. The largest absolute Gasteiger partial charge is 0.482 e. The maximum absolute atomic E-state index is 11.4. The van der Waals surface area contributed by atoms with Gasteiger partial charge in [-0.2, -0.15) is 0 Å². The van der Waals surface area contributed by atoms with Crippen molar-refractivity contribution < 1.29 is 14.4 Å². The van der Waals surface area contributed by atoms with Crippen LogP contribution >= 0.6 is 11.6 Å². The molecule has 2 aromatic carbocycles. The van der Waals surface area contributed by atoms with E-state index in [1.165, 1.54) is 6.21 Å². The van der Waals surface area contributed by atoms with Gasteiger partial charge in [-0.15, -0.1) is 0 Å². The minimum atomic E-state index is -0.577. The summed E-state index contributed by atoms with van der Waals surface area (Å²) in [7, 11) is 0. The molecule has 2 rings (SSSR count). The Balaban J connectivity index is 1.76. The lowest BCUT2D eigenvalue weighted by Gasteiger charge is -2.03. The summed E-state index contributed by atoms with van der Waals surface area (Å²) in [5.41, 5.74) is 0.846. The number of nitrogens with zero attached hydrogens (tertiary/aromatic N) is 1. The van der Waals surface area contributed by atoms with Gasteiger partial charge < -0.3 is 9.57 Å². The molecule has 0 aliphatic heterocycles. The first-order chi connectivity index (χ1) is 9.74. The molecule has 0 radical (unpaired) electrons. The lowest BCUT2D eigenvalue weighted by molar-refractivity contribution is -0.145. The lowest BCUT2D eigenvalue weighted by Crippen LogP contribution is -2.12. The van der Waals surface area contributed by atoms with Gasteiger partial charge in [0.15, 0.2) is 6.61 Å². The highest BCUT2D eigenvalue weighted by Gasteiger charge is 2.03. The van der Waals surface area contributed by atoms with Crippen LogP contribution in [0, 0.1) is 0 Å². The van der Waals surface area contributed by atoms with E-state index >= 15 is 0 Å². The van der Waals surface area contributed by atoms with Crippen LogP contribution in [0.1, 0.15) is 5.56 Å². The molecule has 0 aliphatic rings. The molecule has 0 aliphatic carbocycles. The first-order valence-corrected chi connectivity index (χ1v) is 6.28. The van der Waals surface area contributed by atoms with Crippen molar-refractivity contribution in [2.45, 2.75) is 0 Å². The van der Waals surface area contributed by atoms with E-state index in [2.05, 4.69) is 9.99 Å². The Morgan fingerprint density at radius 1 is 1.10 bits per heavy atom. The molecular weight excluding hydrogens is 278 g/mol. The van der Waals surface area contributed by atoms with Gasteiger partial charge >= 0.3 is 5.97 Å². The normalized spacial score (nSPS) is 10.4. The van der Waals surface area contributed by atoms with Gasteiger partial charge in [0.05, 0.1) is 6.21 Å². The van der Waals surface area contributed by atoms with Gasteiger partial charge in [0, 0.05) is 5.02 Å². The molecule has 0 heterocycles. The Morgan fingerprint density at radius 2 is 1.80 bits per heavy atom. The number of carbonyl (C=O) groups is 1. The van der Waals surface area contributed by atoms with Gasteiger partial charge in [-0.1, -0.05) is 47.1 Å². The van der Waals surface area contributed by atoms with Crippen molar-refractivity contribution in [3.05, 3.63) is 65.2 Å². The van der Waals surface area contributed by atoms with Gasteiger partial charge in [-0.25, -0.2) is 4.79 Å². The van der Waals surface area contributed by atoms with E-state index in [9.17, 15) is 4.79 Å². The second-order valence-electron chi connectivity index (χ2n) is 3.85. The summed E-state index contributed by atoms with van der Waals surface area (Å²) in [6.45, 7) is -0.215. The Kier molecular flexibility index (Phi) is 5.15. The zero-order valence-corrected chi connectivity index (χ0v) is 11.3. The van der Waals surface area contributed by atoms with Gasteiger partial charge in [0.2, 0.25) is 0 Å². The fourth-order valence-electron chi connectivity index (χ4n) is 1.38. The number of halogens is 1. The molecule has 0 N–H and O–H groups in total. The molecule has 0 saturated heterocycles. The zero-order valence-electron chi connectivity index (χ0n) is 10.5. The molecule has 0 saturated carbocycles. The summed E-state index contributed by atoms with van der Waals surface area (Å²) in [4.78, 5) is 16.1. The van der Waals surface area contributed by atoms with Crippen LogP contribution in [0.15, 0.2) is 59.8 Å². The predicted molar refractivity (Wildman–Crippen MR) is 77.1 cm³/mol. The predicted octanol–water partition coefficient (Wildman–Crippen LogP) is 3.30. The molecule has 0 fully saturated rings. The third-order valence-corrected chi connectivity index (χ3v) is 2.58. The first kappa shape index (κ1) is 14.1. The van der Waals surface area contributed by atoms with Crippen LogP contribution in [0.25, 0.3) is 0 Å². The second-order valence-corrected chi connectivity index (χ2v) is 4.29. The lowest BCUT2D eigenvalue weighted by atomic mass is 10.2. The number of hydrogen-bond donors (Lipinski definition) is 0. The fraction of sp³-hybridized carbons (Fsp3) is 0.0667. The van der Waals surface area contributed by atoms with E-state index in [1.807, 2.05) is 30.3 Å². The van der Waals surface area contributed by atoms with Gasteiger partial charge in [0.1, 0.15) is 5.75 Å². The Bertz CT molecular complexity index is 582. The third-order valence-electron chi connectivity index (χ3n) is 2.33. The summed E-state index contributed by atoms with van der Waals surface area (Å²) in [5, 5.41) is 4.20. The fourth-order valence-corrected chi connectivity index (χ4v) is 1.51. The van der Waals surface area contributed by atoms with Crippen molar-refractivity contribution in [2.24, 2.45) is 5.16 Å². The second kappa shape index (κ2) is 7.31. The Labute approximate surface area is 121 Å². The van der Waals surface area contributed by atoms with Gasteiger partial charge in [0.25, 0.3) is 0 Å². The minimum absolute atomic E-state index is 0.215. The number of rotatable bonds is 5. The van der Waals surface area contributed by atoms with Crippen LogP contribution in [-0.2, 0) is 9.63 Å². The Morgan fingerprint density at radius 3 is 2.50 bits per heavy atom. The average molecular weight is 290 g/mol. The van der Waals surface area contributed by atoms with Crippen molar-refractivity contribution in [1.82, 2.24) is 0 Å². The molecule has 0 amide bonds. The van der Waals surface area contributed by atoms with Crippen LogP contribution < -0.4 is 4.74 Å². The van der Waals surface area contributed by atoms with Crippen LogP contribution in [0.3, 0.4) is 0 Å². The van der Waals surface area contributed by atoms with Crippen molar-refractivity contribution in [3.8, 4) is 5.75 Å². The van der Waals surface area contributed by atoms with Crippen molar-refractivity contribution in [2.75, 3.05) is 6.61 Å². The monoisotopic (exact) mass is 289 g/mol. The molecule has 0 spiro atoms. The van der Waals surface area contributed by atoms with E-state index in [0.29, 0.717) is 10.8 Å². The van der Waals surface area contributed by atoms with E-state index in [-0.39, 0.29) is 6.61 Å². The van der Waals surface area contributed by atoms with Crippen LogP contribution in [0.4, 0.5) is 0 Å². The smallest absolute Gasteiger partial charge is 0.372 e. The standard InChI is InChI=1S/C15H12ClNO3/c16-13-6-8-14(9-7-13)19-11-15(18)20-17-10-12-4-2-1-3-5-12/h1-10H,11H2. The summed E-state index contributed by atoms with van der Waals surface area (Å²) >= 11 is 5.73. The Hall–Kier alpha value is -2.33. The molecule has 0 bridgehead atoms. The SMILES string of the molecule is O=C(COc1ccc(Cl)cc1)ON=Cc1ccccc1.